The highest BCUT2D eigenvalue weighted by molar-refractivity contribution is 7.17. The number of nitrogens with two attached hydrogens (primary N) is 1. The summed E-state index contributed by atoms with van der Waals surface area (Å²) in [5.74, 6) is -0.403. The highest BCUT2D eigenvalue weighted by Gasteiger charge is 2.23. The van der Waals surface area contributed by atoms with E-state index in [-0.39, 0.29) is 5.91 Å². The molecule has 0 fully saturated rings. The van der Waals surface area contributed by atoms with Crippen molar-refractivity contribution in [2.24, 2.45) is 5.73 Å². The molecule has 0 atom stereocenters. The van der Waals surface area contributed by atoms with Gasteiger partial charge < -0.3 is 11.1 Å². The largest absolute Gasteiger partial charge is 0.365 e. The number of amides is 2. The minimum absolute atomic E-state index is 0.00668. The quantitative estimate of drug-likeness (QED) is 0.591. The molecule has 140 valence electrons. The van der Waals surface area contributed by atoms with Crippen LogP contribution in [0.3, 0.4) is 0 Å². The maximum atomic E-state index is 12.3. The number of fused-ring (bicyclic) bond motifs is 1. The summed E-state index contributed by atoms with van der Waals surface area (Å²) in [5, 5.41) is 3.65. The van der Waals surface area contributed by atoms with Crippen molar-refractivity contribution in [2.45, 2.75) is 90.4 Å². The van der Waals surface area contributed by atoms with E-state index in [1.165, 1.54) is 43.4 Å². The molecule has 2 rings (SSSR count). The first kappa shape index (κ1) is 20.0. The maximum Gasteiger partial charge on any atom is 0.251 e. The number of carbonyl (C=O) groups excluding carboxylic acids is 2. The Morgan fingerprint density at radius 3 is 2.40 bits per heavy atom. The monoisotopic (exact) mass is 364 g/mol. The van der Waals surface area contributed by atoms with Crippen LogP contribution in [0.1, 0.15) is 98.4 Å². The van der Waals surface area contributed by atoms with Crippen molar-refractivity contribution in [3.8, 4) is 0 Å². The number of anilines is 1. The van der Waals surface area contributed by atoms with Crippen molar-refractivity contribution in [1.29, 1.82) is 0 Å². The van der Waals surface area contributed by atoms with Crippen LogP contribution >= 0.6 is 11.3 Å². The number of nitrogens with one attached hydrogen (secondary N) is 1. The van der Waals surface area contributed by atoms with E-state index in [2.05, 4.69) is 12.2 Å². The molecule has 0 aliphatic heterocycles. The fourth-order valence-electron chi connectivity index (χ4n) is 3.52. The Labute approximate surface area is 155 Å². The van der Waals surface area contributed by atoms with Crippen LogP contribution in [-0.2, 0) is 17.6 Å². The lowest BCUT2D eigenvalue weighted by molar-refractivity contribution is -0.116. The van der Waals surface area contributed by atoms with Gasteiger partial charge in [0.1, 0.15) is 5.00 Å². The highest BCUT2D eigenvalue weighted by atomic mass is 32.1. The molecule has 1 aromatic heterocycles. The number of carbonyl (C=O) groups is 2. The van der Waals surface area contributed by atoms with Crippen LogP contribution in [0.4, 0.5) is 5.00 Å². The van der Waals surface area contributed by atoms with Gasteiger partial charge in [0.25, 0.3) is 5.91 Å². The Kier molecular flexibility index (Phi) is 8.45. The molecule has 4 nitrogen and oxygen atoms in total. The third-order valence-corrected chi connectivity index (χ3v) is 6.14. The molecular formula is C20H32N2O2S. The molecule has 25 heavy (non-hydrogen) atoms. The van der Waals surface area contributed by atoms with Gasteiger partial charge in [-0.05, 0) is 37.7 Å². The Morgan fingerprint density at radius 1 is 1.00 bits per heavy atom. The summed E-state index contributed by atoms with van der Waals surface area (Å²) in [6.07, 6.45) is 14.1. The van der Waals surface area contributed by atoms with Crippen LogP contribution in [0.25, 0.3) is 0 Å². The molecule has 0 radical (unpaired) electrons. The lowest BCUT2D eigenvalue weighted by atomic mass is 9.96. The summed E-state index contributed by atoms with van der Waals surface area (Å²) >= 11 is 1.56. The fourth-order valence-corrected chi connectivity index (χ4v) is 4.83. The van der Waals surface area contributed by atoms with Gasteiger partial charge >= 0.3 is 0 Å². The standard InChI is InChI=1S/C20H32N2O2S/c1-2-3-4-5-6-11-14-17(23)22-20-18(19(21)24)15-12-9-7-8-10-13-16(15)25-20/h2-14H2,1H3,(H2,21,24)(H,22,23). The molecule has 0 spiro atoms. The lowest BCUT2D eigenvalue weighted by Crippen LogP contribution is -2.18. The van der Waals surface area contributed by atoms with Gasteiger partial charge in [0, 0.05) is 11.3 Å². The third-order valence-electron chi connectivity index (χ3n) is 4.93. The Hall–Kier alpha value is -1.36. The zero-order valence-electron chi connectivity index (χ0n) is 15.5. The van der Waals surface area contributed by atoms with Crippen molar-refractivity contribution < 1.29 is 9.59 Å². The average Bonchev–Trinajstić information content (AvgIpc) is 2.87. The number of hydrogen-bond donors (Lipinski definition) is 2. The van der Waals surface area contributed by atoms with Gasteiger partial charge in [0.05, 0.1) is 5.56 Å². The first-order valence-electron chi connectivity index (χ1n) is 9.87. The molecule has 1 heterocycles. The van der Waals surface area contributed by atoms with E-state index in [4.69, 9.17) is 5.73 Å². The number of hydrogen-bond acceptors (Lipinski definition) is 3. The van der Waals surface area contributed by atoms with Gasteiger partial charge in [-0.25, -0.2) is 0 Å². The number of unbranched alkanes of at least 4 members (excludes halogenated alkanes) is 5. The maximum absolute atomic E-state index is 12.3. The van der Waals surface area contributed by atoms with Crippen LogP contribution in [0.15, 0.2) is 0 Å². The highest BCUT2D eigenvalue weighted by Crippen LogP contribution is 2.36. The van der Waals surface area contributed by atoms with Gasteiger partial charge in [-0.1, -0.05) is 51.9 Å². The van der Waals surface area contributed by atoms with E-state index in [1.807, 2.05) is 0 Å². The topological polar surface area (TPSA) is 72.2 Å². The van der Waals surface area contributed by atoms with E-state index in [0.717, 1.165) is 44.1 Å². The van der Waals surface area contributed by atoms with Gasteiger partial charge in [-0.2, -0.15) is 0 Å². The zero-order valence-corrected chi connectivity index (χ0v) is 16.3. The van der Waals surface area contributed by atoms with Crippen molar-refractivity contribution in [3.63, 3.8) is 0 Å². The van der Waals surface area contributed by atoms with Crippen molar-refractivity contribution >= 4 is 28.2 Å². The van der Waals surface area contributed by atoms with Gasteiger partial charge in [0.15, 0.2) is 0 Å². The van der Waals surface area contributed by atoms with Crippen molar-refractivity contribution in [2.75, 3.05) is 5.32 Å². The smallest absolute Gasteiger partial charge is 0.251 e. The number of thiophene rings is 1. The third kappa shape index (κ3) is 6.14. The molecule has 1 aliphatic rings. The Balaban J connectivity index is 1.95. The molecule has 2 amide bonds. The van der Waals surface area contributed by atoms with Gasteiger partial charge in [0.2, 0.25) is 5.91 Å². The fraction of sp³-hybridized carbons (Fsp3) is 0.700. The summed E-state index contributed by atoms with van der Waals surface area (Å²) in [6.45, 7) is 2.20. The molecule has 0 unspecified atom stereocenters. The molecule has 0 saturated carbocycles. The summed E-state index contributed by atoms with van der Waals surface area (Å²) < 4.78 is 0. The summed E-state index contributed by atoms with van der Waals surface area (Å²) in [5.41, 5.74) is 7.29. The van der Waals surface area contributed by atoms with E-state index >= 15 is 0 Å². The first-order chi connectivity index (χ1) is 12.1. The van der Waals surface area contributed by atoms with E-state index < -0.39 is 5.91 Å². The van der Waals surface area contributed by atoms with Crippen molar-refractivity contribution in [1.82, 2.24) is 0 Å². The minimum atomic E-state index is -0.409. The van der Waals surface area contributed by atoms with E-state index in [9.17, 15) is 9.59 Å². The second-order valence-electron chi connectivity index (χ2n) is 7.05. The molecule has 5 heteroatoms. The number of aryl methyl sites for hydroxylation is 1. The van der Waals surface area contributed by atoms with E-state index in [0.29, 0.717) is 17.0 Å². The molecule has 1 aromatic rings. The van der Waals surface area contributed by atoms with Gasteiger partial charge in [-0.15, -0.1) is 11.3 Å². The average molecular weight is 365 g/mol. The van der Waals surface area contributed by atoms with Crippen LogP contribution in [-0.4, -0.2) is 11.8 Å². The second kappa shape index (κ2) is 10.6. The second-order valence-corrected chi connectivity index (χ2v) is 8.16. The normalized spacial score (nSPS) is 14.4. The van der Waals surface area contributed by atoms with Crippen LogP contribution < -0.4 is 11.1 Å². The molecule has 1 aliphatic carbocycles. The molecule has 3 N–H and O–H groups in total. The number of primary amides is 1. The minimum Gasteiger partial charge on any atom is -0.365 e. The molecule has 0 aromatic carbocycles. The lowest BCUT2D eigenvalue weighted by Gasteiger charge is -2.10. The van der Waals surface area contributed by atoms with Gasteiger partial charge in [-0.3, -0.25) is 9.59 Å². The SMILES string of the molecule is CCCCCCCCC(=O)Nc1sc2c(c1C(N)=O)CCCCCC2. The zero-order chi connectivity index (χ0) is 18.1. The van der Waals surface area contributed by atoms with E-state index in [1.54, 1.807) is 11.3 Å². The summed E-state index contributed by atoms with van der Waals surface area (Å²) in [6, 6.07) is 0. The Bertz CT molecular complexity index is 580. The molecule has 0 saturated heterocycles. The van der Waals surface area contributed by atoms with Crippen LogP contribution in [0, 0.1) is 0 Å². The summed E-state index contributed by atoms with van der Waals surface area (Å²) in [7, 11) is 0. The molecule has 0 bridgehead atoms. The number of rotatable bonds is 9. The van der Waals surface area contributed by atoms with Crippen LogP contribution in [0.5, 0.6) is 0 Å². The molecular weight excluding hydrogens is 332 g/mol. The predicted molar refractivity (Wildman–Crippen MR) is 105 cm³/mol. The van der Waals surface area contributed by atoms with Crippen LogP contribution in [0.2, 0.25) is 0 Å². The predicted octanol–water partition coefficient (Wildman–Crippen LogP) is 5.20. The Morgan fingerprint density at radius 2 is 1.68 bits per heavy atom. The summed E-state index contributed by atoms with van der Waals surface area (Å²) in [4.78, 5) is 25.5. The van der Waals surface area contributed by atoms with Crippen molar-refractivity contribution in [3.05, 3.63) is 16.0 Å². The first-order valence-corrected chi connectivity index (χ1v) is 10.7.